The zero-order valence-electron chi connectivity index (χ0n) is 18.6. The first-order valence-electron chi connectivity index (χ1n) is 10.6. The molecule has 0 bridgehead atoms. The van der Waals surface area contributed by atoms with Crippen molar-refractivity contribution in [2.75, 3.05) is 11.9 Å². The lowest BCUT2D eigenvalue weighted by atomic mass is 10.1. The first-order chi connectivity index (χ1) is 15.0. The molecule has 0 amide bonds. The third-order valence-corrected chi connectivity index (χ3v) is 5.29. The lowest BCUT2D eigenvalue weighted by molar-refractivity contribution is 0.328. The molecule has 162 valence electrons. The third-order valence-electron chi connectivity index (χ3n) is 5.29. The summed E-state index contributed by atoms with van der Waals surface area (Å²) in [5.41, 5.74) is 6.15. The van der Waals surface area contributed by atoms with Crippen molar-refractivity contribution in [1.29, 1.82) is 0 Å². The van der Waals surface area contributed by atoms with Crippen LogP contribution in [0.4, 0.5) is 5.69 Å². The van der Waals surface area contributed by atoms with Gasteiger partial charge in [0.1, 0.15) is 17.3 Å². The van der Waals surface area contributed by atoms with E-state index in [1.807, 2.05) is 39.0 Å². The number of nitrogens with zero attached hydrogens (tertiary/aromatic N) is 5. The van der Waals surface area contributed by atoms with Crippen molar-refractivity contribution in [3.05, 3.63) is 47.9 Å². The van der Waals surface area contributed by atoms with Gasteiger partial charge in [-0.3, -0.25) is 4.68 Å². The SMILES string of the molecule is CCOc1ncccc1-c1cc(NCc2coc(C)n2)c2c(n1)c(C)nn2[C@@H](C)CC. The van der Waals surface area contributed by atoms with Gasteiger partial charge in [0.2, 0.25) is 5.88 Å². The summed E-state index contributed by atoms with van der Waals surface area (Å²) in [6.45, 7) is 11.2. The molecule has 0 aromatic carbocycles. The minimum Gasteiger partial charge on any atom is -0.477 e. The number of aryl methyl sites for hydroxylation is 2. The summed E-state index contributed by atoms with van der Waals surface area (Å²) in [5, 5.41) is 8.33. The highest BCUT2D eigenvalue weighted by Gasteiger charge is 2.20. The highest BCUT2D eigenvalue weighted by Crippen LogP contribution is 2.35. The van der Waals surface area contributed by atoms with Crippen molar-refractivity contribution in [3.63, 3.8) is 0 Å². The van der Waals surface area contributed by atoms with Gasteiger partial charge in [-0.15, -0.1) is 0 Å². The Morgan fingerprint density at radius 1 is 1.23 bits per heavy atom. The van der Waals surface area contributed by atoms with Gasteiger partial charge in [-0.2, -0.15) is 5.10 Å². The molecule has 4 aromatic heterocycles. The fourth-order valence-electron chi connectivity index (χ4n) is 3.56. The van der Waals surface area contributed by atoms with Gasteiger partial charge in [0.05, 0.1) is 41.5 Å². The van der Waals surface area contributed by atoms with E-state index in [0.717, 1.165) is 45.8 Å². The molecule has 1 atom stereocenters. The highest BCUT2D eigenvalue weighted by molar-refractivity contribution is 5.93. The fraction of sp³-hybridized carbons (Fsp3) is 0.391. The monoisotopic (exact) mass is 420 g/mol. The number of anilines is 1. The van der Waals surface area contributed by atoms with E-state index in [0.29, 0.717) is 24.9 Å². The van der Waals surface area contributed by atoms with Crippen LogP contribution in [0, 0.1) is 13.8 Å². The smallest absolute Gasteiger partial charge is 0.222 e. The van der Waals surface area contributed by atoms with Gasteiger partial charge >= 0.3 is 0 Å². The van der Waals surface area contributed by atoms with Crippen molar-refractivity contribution in [3.8, 4) is 17.1 Å². The van der Waals surface area contributed by atoms with Crippen LogP contribution in [0.25, 0.3) is 22.3 Å². The van der Waals surface area contributed by atoms with Crippen LogP contribution in [0.1, 0.15) is 50.5 Å². The first kappa shape index (κ1) is 20.8. The summed E-state index contributed by atoms with van der Waals surface area (Å²) in [6, 6.07) is 6.15. The van der Waals surface area contributed by atoms with Gasteiger partial charge in [-0.25, -0.2) is 15.0 Å². The van der Waals surface area contributed by atoms with E-state index < -0.39 is 0 Å². The van der Waals surface area contributed by atoms with Crippen LogP contribution in [-0.2, 0) is 6.54 Å². The minimum atomic E-state index is 0.246. The number of ether oxygens (including phenoxy) is 1. The van der Waals surface area contributed by atoms with E-state index in [2.05, 4.69) is 33.8 Å². The van der Waals surface area contributed by atoms with Gasteiger partial charge in [0, 0.05) is 19.2 Å². The maximum absolute atomic E-state index is 5.75. The number of aromatic nitrogens is 5. The molecule has 4 aromatic rings. The zero-order chi connectivity index (χ0) is 22.0. The number of hydrogen-bond donors (Lipinski definition) is 1. The second-order valence-corrected chi connectivity index (χ2v) is 7.54. The van der Waals surface area contributed by atoms with E-state index in [-0.39, 0.29) is 6.04 Å². The van der Waals surface area contributed by atoms with Crippen LogP contribution in [0.3, 0.4) is 0 Å². The Labute approximate surface area is 181 Å². The second-order valence-electron chi connectivity index (χ2n) is 7.54. The zero-order valence-corrected chi connectivity index (χ0v) is 18.6. The standard InChI is InChI=1S/C23H28N6O2/c1-6-14(3)29-22-20(25-12-17-13-31-16(5)26-17)11-19(27-21(22)15(4)28-29)18-9-8-10-24-23(18)30-7-2/h8-11,13-14H,6-7,12H2,1-5H3,(H,25,27)/t14-/m0/s1. The Morgan fingerprint density at radius 2 is 2.06 bits per heavy atom. The van der Waals surface area contributed by atoms with Crippen LogP contribution in [0.15, 0.2) is 35.1 Å². The Balaban J connectivity index is 1.87. The quantitative estimate of drug-likeness (QED) is 0.425. The number of rotatable bonds is 8. The molecule has 8 nitrogen and oxygen atoms in total. The Kier molecular flexibility index (Phi) is 5.88. The molecule has 4 rings (SSSR count). The number of pyridine rings is 2. The molecule has 0 radical (unpaired) electrons. The summed E-state index contributed by atoms with van der Waals surface area (Å²) in [4.78, 5) is 13.8. The van der Waals surface area contributed by atoms with Crippen LogP contribution in [-0.4, -0.2) is 31.3 Å². The van der Waals surface area contributed by atoms with E-state index in [9.17, 15) is 0 Å². The van der Waals surface area contributed by atoms with Crippen molar-refractivity contribution in [2.45, 2.75) is 53.6 Å². The topological polar surface area (TPSA) is 90.9 Å². The maximum atomic E-state index is 5.75. The molecule has 4 heterocycles. The summed E-state index contributed by atoms with van der Waals surface area (Å²) in [5.74, 6) is 1.22. The van der Waals surface area contributed by atoms with Gasteiger partial charge in [-0.05, 0) is 45.4 Å². The van der Waals surface area contributed by atoms with E-state index in [1.54, 1.807) is 12.5 Å². The first-order valence-corrected chi connectivity index (χ1v) is 10.6. The number of nitrogens with one attached hydrogen (secondary N) is 1. The highest BCUT2D eigenvalue weighted by atomic mass is 16.5. The van der Waals surface area contributed by atoms with E-state index in [4.69, 9.17) is 19.2 Å². The van der Waals surface area contributed by atoms with Crippen LogP contribution in [0.2, 0.25) is 0 Å². The summed E-state index contributed by atoms with van der Waals surface area (Å²) in [6.07, 6.45) is 4.37. The molecule has 0 saturated carbocycles. The van der Waals surface area contributed by atoms with Crippen LogP contribution >= 0.6 is 0 Å². The molecule has 0 aliphatic rings. The number of fused-ring (bicyclic) bond motifs is 1. The van der Waals surface area contributed by atoms with Crippen molar-refractivity contribution >= 4 is 16.7 Å². The van der Waals surface area contributed by atoms with Crippen LogP contribution in [0.5, 0.6) is 5.88 Å². The predicted octanol–water partition coefficient (Wildman–Crippen LogP) is 5.08. The van der Waals surface area contributed by atoms with Gasteiger partial charge in [-0.1, -0.05) is 6.92 Å². The van der Waals surface area contributed by atoms with E-state index in [1.165, 1.54) is 0 Å². The van der Waals surface area contributed by atoms with Gasteiger partial charge in [0.25, 0.3) is 0 Å². The molecule has 0 saturated heterocycles. The predicted molar refractivity (Wildman–Crippen MR) is 120 cm³/mol. The normalized spacial score (nSPS) is 12.3. The van der Waals surface area contributed by atoms with Crippen LogP contribution < -0.4 is 10.1 Å². The van der Waals surface area contributed by atoms with Crippen molar-refractivity contribution < 1.29 is 9.15 Å². The Morgan fingerprint density at radius 3 is 2.77 bits per heavy atom. The average Bonchev–Trinajstić information content (AvgIpc) is 3.35. The molecular weight excluding hydrogens is 392 g/mol. The summed E-state index contributed by atoms with van der Waals surface area (Å²) < 4.78 is 13.2. The molecule has 8 heteroatoms. The molecule has 0 aliphatic carbocycles. The Bertz CT molecular complexity index is 1200. The lowest BCUT2D eigenvalue weighted by Gasteiger charge is -2.16. The average molecular weight is 421 g/mol. The van der Waals surface area contributed by atoms with Gasteiger partial charge < -0.3 is 14.5 Å². The van der Waals surface area contributed by atoms with E-state index >= 15 is 0 Å². The molecule has 0 spiro atoms. The number of oxazole rings is 1. The number of hydrogen-bond acceptors (Lipinski definition) is 7. The summed E-state index contributed by atoms with van der Waals surface area (Å²) in [7, 11) is 0. The van der Waals surface area contributed by atoms with Gasteiger partial charge in [0.15, 0.2) is 5.89 Å². The molecule has 0 unspecified atom stereocenters. The molecule has 31 heavy (non-hydrogen) atoms. The third kappa shape index (κ3) is 4.10. The largest absolute Gasteiger partial charge is 0.477 e. The minimum absolute atomic E-state index is 0.246. The molecule has 1 N–H and O–H groups in total. The summed E-state index contributed by atoms with van der Waals surface area (Å²) >= 11 is 0. The molecule has 0 aliphatic heterocycles. The molecule has 0 fully saturated rings. The Hall–Kier alpha value is -3.42. The van der Waals surface area contributed by atoms with Crippen molar-refractivity contribution in [2.24, 2.45) is 0 Å². The second kappa shape index (κ2) is 8.75. The molecular formula is C23H28N6O2. The van der Waals surface area contributed by atoms with Crippen molar-refractivity contribution in [1.82, 2.24) is 24.7 Å². The fourth-order valence-corrected chi connectivity index (χ4v) is 3.56. The maximum Gasteiger partial charge on any atom is 0.222 e. The lowest BCUT2D eigenvalue weighted by Crippen LogP contribution is -2.09.